The predicted octanol–water partition coefficient (Wildman–Crippen LogP) is 4.76. The van der Waals surface area contributed by atoms with Gasteiger partial charge < -0.3 is 5.73 Å². The molecule has 0 fully saturated rings. The van der Waals surface area contributed by atoms with Gasteiger partial charge >= 0.3 is 0 Å². The monoisotopic (exact) mass is 271 g/mol. The molecule has 0 heterocycles. The first-order valence-electron chi connectivity index (χ1n) is 7.75. The third kappa shape index (κ3) is 4.12. The molecular formula is C19H29N. The maximum absolute atomic E-state index is 5.55. The molecule has 110 valence electrons. The van der Waals surface area contributed by atoms with Crippen LogP contribution in [0.2, 0.25) is 0 Å². The quantitative estimate of drug-likeness (QED) is 0.785. The molecule has 0 spiro atoms. The summed E-state index contributed by atoms with van der Waals surface area (Å²) in [5.74, 6) is 8.14. The van der Waals surface area contributed by atoms with Crippen molar-refractivity contribution in [2.75, 3.05) is 6.54 Å². The zero-order chi connectivity index (χ0) is 15.3. The number of hydrogen-bond donors (Lipinski definition) is 1. The van der Waals surface area contributed by atoms with Crippen LogP contribution in [0.25, 0.3) is 0 Å². The Morgan fingerprint density at radius 3 is 1.75 bits per heavy atom. The predicted molar refractivity (Wildman–Crippen MR) is 89.3 cm³/mol. The SMILES string of the molecule is CC(C)c1cc(C(C)C)c(C#CCCN)c(C(C)C)c1. The van der Waals surface area contributed by atoms with Gasteiger partial charge in [0.2, 0.25) is 0 Å². The van der Waals surface area contributed by atoms with Crippen LogP contribution in [0.15, 0.2) is 12.1 Å². The molecule has 1 nitrogen and oxygen atoms in total. The fourth-order valence-corrected chi connectivity index (χ4v) is 2.32. The first-order valence-corrected chi connectivity index (χ1v) is 7.75. The van der Waals surface area contributed by atoms with E-state index in [0.29, 0.717) is 24.3 Å². The zero-order valence-corrected chi connectivity index (χ0v) is 13.9. The molecule has 20 heavy (non-hydrogen) atoms. The molecule has 0 radical (unpaired) electrons. The summed E-state index contributed by atoms with van der Waals surface area (Å²) in [6.45, 7) is 14.1. The van der Waals surface area contributed by atoms with Crippen LogP contribution in [-0.4, -0.2) is 6.54 Å². The molecule has 1 heteroatoms. The van der Waals surface area contributed by atoms with E-state index in [1.165, 1.54) is 22.3 Å². The van der Waals surface area contributed by atoms with E-state index in [-0.39, 0.29) is 0 Å². The van der Waals surface area contributed by atoms with Crippen molar-refractivity contribution in [1.82, 2.24) is 0 Å². The van der Waals surface area contributed by atoms with Crippen LogP contribution < -0.4 is 5.73 Å². The fraction of sp³-hybridized carbons (Fsp3) is 0.579. The molecule has 0 aliphatic carbocycles. The Morgan fingerprint density at radius 2 is 1.40 bits per heavy atom. The van der Waals surface area contributed by atoms with E-state index in [2.05, 4.69) is 65.5 Å². The van der Waals surface area contributed by atoms with E-state index in [9.17, 15) is 0 Å². The second-order valence-electron chi connectivity index (χ2n) is 6.38. The third-order valence-electron chi connectivity index (χ3n) is 3.62. The Kier molecular flexibility index (Phi) is 6.30. The zero-order valence-electron chi connectivity index (χ0n) is 13.9. The van der Waals surface area contributed by atoms with Crippen molar-refractivity contribution < 1.29 is 0 Å². The normalized spacial score (nSPS) is 11.1. The highest BCUT2D eigenvalue weighted by Crippen LogP contribution is 2.31. The Hall–Kier alpha value is -1.26. The maximum Gasteiger partial charge on any atom is 0.0314 e. The van der Waals surface area contributed by atoms with Gasteiger partial charge in [0.1, 0.15) is 0 Å². The summed E-state index contributed by atoms with van der Waals surface area (Å²) in [5, 5.41) is 0. The van der Waals surface area contributed by atoms with E-state index in [0.717, 1.165) is 6.42 Å². The second-order valence-corrected chi connectivity index (χ2v) is 6.38. The highest BCUT2D eigenvalue weighted by molar-refractivity contribution is 5.52. The number of rotatable bonds is 4. The lowest BCUT2D eigenvalue weighted by Crippen LogP contribution is -2.04. The van der Waals surface area contributed by atoms with Gasteiger partial charge in [0.25, 0.3) is 0 Å². The molecule has 0 atom stereocenters. The van der Waals surface area contributed by atoms with Crippen molar-refractivity contribution in [2.45, 2.75) is 65.7 Å². The van der Waals surface area contributed by atoms with Crippen molar-refractivity contribution in [3.05, 3.63) is 34.4 Å². The first-order chi connectivity index (χ1) is 9.38. The van der Waals surface area contributed by atoms with Gasteiger partial charge in [-0.25, -0.2) is 0 Å². The molecule has 2 N–H and O–H groups in total. The standard InChI is InChI=1S/C19H29N/c1-13(2)16-11-18(14(3)4)17(9-7-8-10-20)19(12-16)15(5)6/h11-15H,8,10,20H2,1-6H3. The van der Waals surface area contributed by atoms with E-state index in [1.54, 1.807) is 0 Å². The number of hydrogen-bond acceptors (Lipinski definition) is 1. The van der Waals surface area contributed by atoms with E-state index < -0.39 is 0 Å². The molecule has 0 aliphatic rings. The van der Waals surface area contributed by atoms with Gasteiger partial charge in [-0.05, 0) is 34.4 Å². The summed E-state index contributed by atoms with van der Waals surface area (Å²) in [7, 11) is 0. The average Bonchev–Trinajstić information content (AvgIpc) is 2.37. The largest absolute Gasteiger partial charge is 0.330 e. The molecule has 0 bridgehead atoms. The Balaban J connectivity index is 3.48. The van der Waals surface area contributed by atoms with Gasteiger partial charge in [0.05, 0.1) is 0 Å². The third-order valence-corrected chi connectivity index (χ3v) is 3.62. The van der Waals surface area contributed by atoms with Gasteiger partial charge in [-0.2, -0.15) is 0 Å². The van der Waals surface area contributed by atoms with Crippen LogP contribution in [-0.2, 0) is 0 Å². The van der Waals surface area contributed by atoms with Crippen LogP contribution in [0.5, 0.6) is 0 Å². The minimum absolute atomic E-state index is 0.494. The Labute approximate surface area is 125 Å². The van der Waals surface area contributed by atoms with Crippen molar-refractivity contribution in [3.8, 4) is 11.8 Å². The van der Waals surface area contributed by atoms with Crippen molar-refractivity contribution in [3.63, 3.8) is 0 Å². The lowest BCUT2D eigenvalue weighted by Gasteiger charge is -2.20. The van der Waals surface area contributed by atoms with E-state index >= 15 is 0 Å². The van der Waals surface area contributed by atoms with E-state index in [4.69, 9.17) is 5.73 Å². The van der Waals surface area contributed by atoms with Gasteiger partial charge in [-0.15, -0.1) is 0 Å². The van der Waals surface area contributed by atoms with Gasteiger partial charge in [-0.1, -0.05) is 65.5 Å². The smallest absolute Gasteiger partial charge is 0.0314 e. The molecule has 0 aliphatic heterocycles. The molecule has 1 rings (SSSR count). The summed E-state index contributed by atoms with van der Waals surface area (Å²) in [6.07, 6.45) is 0.765. The summed E-state index contributed by atoms with van der Waals surface area (Å²) in [5.41, 5.74) is 11.0. The minimum Gasteiger partial charge on any atom is -0.330 e. The lowest BCUT2D eigenvalue weighted by atomic mass is 9.84. The minimum atomic E-state index is 0.494. The van der Waals surface area contributed by atoms with Crippen LogP contribution in [0.1, 0.15) is 88.0 Å². The molecule has 1 aromatic rings. The molecular weight excluding hydrogens is 242 g/mol. The number of benzene rings is 1. The summed E-state index contributed by atoms with van der Waals surface area (Å²) < 4.78 is 0. The second kappa shape index (κ2) is 7.50. The molecule has 0 amide bonds. The van der Waals surface area contributed by atoms with Crippen molar-refractivity contribution in [1.29, 1.82) is 0 Å². The number of nitrogens with two attached hydrogens (primary N) is 1. The lowest BCUT2D eigenvalue weighted by molar-refractivity contribution is 0.800. The van der Waals surface area contributed by atoms with Crippen molar-refractivity contribution >= 4 is 0 Å². The average molecular weight is 271 g/mol. The topological polar surface area (TPSA) is 26.0 Å². The Bertz CT molecular complexity index is 469. The molecule has 0 aromatic heterocycles. The van der Waals surface area contributed by atoms with Gasteiger partial charge in [-0.3, -0.25) is 0 Å². The molecule has 0 saturated carbocycles. The van der Waals surface area contributed by atoms with E-state index in [1.807, 2.05) is 0 Å². The Morgan fingerprint density at radius 1 is 0.900 bits per heavy atom. The van der Waals surface area contributed by atoms with Crippen LogP contribution in [0.3, 0.4) is 0 Å². The molecule has 0 unspecified atom stereocenters. The summed E-state index contributed by atoms with van der Waals surface area (Å²) >= 11 is 0. The van der Waals surface area contributed by atoms with Gasteiger partial charge in [0.15, 0.2) is 0 Å². The van der Waals surface area contributed by atoms with Crippen LogP contribution >= 0.6 is 0 Å². The summed E-state index contributed by atoms with van der Waals surface area (Å²) in [6, 6.07) is 4.68. The van der Waals surface area contributed by atoms with Crippen molar-refractivity contribution in [2.24, 2.45) is 5.73 Å². The summed E-state index contributed by atoms with van der Waals surface area (Å²) in [4.78, 5) is 0. The van der Waals surface area contributed by atoms with Crippen LogP contribution in [0.4, 0.5) is 0 Å². The first kappa shape index (κ1) is 16.8. The van der Waals surface area contributed by atoms with Gasteiger partial charge in [0, 0.05) is 18.5 Å². The maximum atomic E-state index is 5.55. The fourth-order valence-electron chi connectivity index (χ4n) is 2.32. The highest BCUT2D eigenvalue weighted by atomic mass is 14.5. The highest BCUT2D eigenvalue weighted by Gasteiger charge is 2.15. The molecule has 1 aromatic carbocycles. The van der Waals surface area contributed by atoms with Crippen LogP contribution in [0, 0.1) is 11.8 Å². The molecule has 0 saturated heterocycles.